The van der Waals surface area contributed by atoms with Crippen molar-refractivity contribution in [2.75, 3.05) is 18.5 Å². The standard InChI is InChI=1S/C12H18N4O/c1-8-3-4-16(7-8)12(17)10-6-14-9(2)5-11(10)15-13/h5-6,8H,3-4,7,13H2,1-2H3,(H,14,15). The first-order valence-corrected chi connectivity index (χ1v) is 5.84. The molecule has 0 radical (unpaired) electrons. The van der Waals surface area contributed by atoms with Crippen LogP contribution in [0.2, 0.25) is 0 Å². The topological polar surface area (TPSA) is 71.2 Å². The quantitative estimate of drug-likeness (QED) is 0.595. The average molecular weight is 234 g/mol. The summed E-state index contributed by atoms with van der Waals surface area (Å²) in [5.41, 5.74) is 4.59. The van der Waals surface area contributed by atoms with E-state index in [1.165, 1.54) is 0 Å². The fourth-order valence-corrected chi connectivity index (χ4v) is 2.14. The number of pyridine rings is 1. The molecule has 0 saturated carbocycles. The van der Waals surface area contributed by atoms with Crippen LogP contribution in [-0.2, 0) is 0 Å². The Hall–Kier alpha value is -1.62. The Labute approximate surface area is 101 Å². The SMILES string of the molecule is Cc1cc(NN)c(C(=O)N2CCC(C)C2)cn1. The molecule has 2 rings (SSSR count). The molecular weight excluding hydrogens is 216 g/mol. The zero-order chi connectivity index (χ0) is 12.4. The number of nitrogens with one attached hydrogen (secondary N) is 1. The first kappa shape index (κ1) is 11.9. The first-order valence-electron chi connectivity index (χ1n) is 5.84. The van der Waals surface area contributed by atoms with Crippen LogP contribution in [-0.4, -0.2) is 28.9 Å². The van der Waals surface area contributed by atoms with Crippen molar-refractivity contribution in [3.8, 4) is 0 Å². The van der Waals surface area contributed by atoms with Gasteiger partial charge in [0.15, 0.2) is 0 Å². The van der Waals surface area contributed by atoms with Gasteiger partial charge in [-0.15, -0.1) is 0 Å². The second kappa shape index (κ2) is 4.71. The van der Waals surface area contributed by atoms with Gasteiger partial charge in [0.2, 0.25) is 0 Å². The number of carbonyl (C=O) groups excluding carboxylic acids is 1. The lowest BCUT2D eigenvalue weighted by molar-refractivity contribution is 0.0788. The summed E-state index contributed by atoms with van der Waals surface area (Å²) in [5, 5.41) is 0. The van der Waals surface area contributed by atoms with Crippen molar-refractivity contribution in [3.05, 3.63) is 23.5 Å². The number of hydrogen-bond acceptors (Lipinski definition) is 4. The highest BCUT2D eigenvalue weighted by Gasteiger charge is 2.25. The molecule has 1 unspecified atom stereocenters. The molecule has 17 heavy (non-hydrogen) atoms. The molecule has 1 aromatic rings. The summed E-state index contributed by atoms with van der Waals surface area (Å²) in [7, 11) is 0. The van der Waals surface area contributed by atoms with Crippen LogP contribution in [0.1, 0.15) is 29.4 Å². The molecule has 1 aliphatic rings. The highest BCUT2D eigenvalue weighted by Crippen LogP contribution is 2.21. The van der Waals surface area contributed by atoms with Gasteiger partial charge in [-0.05, 0) is 25.3 Å². The molecule has 1 saturated heterocycles. The third kappa shape index (κ3) is 2.39. The number of nitrogens with two attached hydrogens (primary N) is 1. The van der Waals surface area contributed by atoms with E-state index in [1.54, 1.807) is 12.3 Å². The minimum absolute atomic E-state index is 0.00907. The molecule has 5 nitrogen and oxygen atoms in total. The molecule has 1 aromatic heterocycles. The number of rotatable bonds is 2. The Morgan fingerprint density at radius 2 is 2.41 bits per heavy atom. The second-order valence-electron chi connectivity index (χ2n) is 4.66. The molecule has 0 aromatic carbocycles. The van der Waals surface area contributed by atoms with E-state index in [1.807, 2.05) is 11.8 Å². The summed E-state index contributed by atoms with van der Waals surface area (Å²) >= 11 is 0. The van der Waals surface area contributed by atoms with Crippen LogP contribution in [0.3, 0.4) is 0 Å². The van der Waals surface area contributed by atoms with Gasteiger partial charge >= 0.3 is 0 Å². The maximum atomic E-state index is 12.3. The molecule has 1 aliphatic heterocycles. The van der Waals surface area contributed by atoms with Gasteiger partial charge in [-0.2, -0.15) is 0 Å². The predicted molar refractivity (Wildman–Crippen MR) is 66.5 cm³/mol. The number of hydrazine groups is 1. The summed E-state index contributed by atoms with van der Waals surface area (Å²) in [5.74, 6) is 6.02. The minimum Gasteiger partial charge on any atom is -0.338 e. The Morgan fingerprint density at radius 3 is 3.00 bits per heavy atom. The molecule has 1 fully saturated rings. The van der Waals surface area contributed by atoms with E-state index in [2.05, 4.69) is 17.3 Å². The summed E-state index contributed by atoms with van der Waals surface area (Å²) < 4.78 is 0. The number of aryl methyl sites for hydroxylation is 1. The number of nitrogens with zero attached hydrogens (tertiary/aromatic N) is 2. The van der Waals surface area contributed by atoms with Crippen LogP contribution in [0, 0.1) is 12.8 Å². The zero-order valence-corrected chi connectivity index (χ0v) is 10.2. The molecule has 2 heterocycles. The van der Waals surface area contributed by atoms with Gasteiger partial charge in [0.25, 0.3) is 5.91 Å². The molecule has 0 aliphatic carbocycles. The van der Waals surface area contributed by atoms with Crippen LogP contribution < -0.4 is 11.3 Å². The maximum absolute atomic E-state index is 12.3. The van der Waals surface area contributed by atoms with Gasteiger partial charge in [-0.1, -0.05) is 6.92 Å². The number of anilines is 1. The first-order chi connectivity index (χ1) is 8.11. The van der Waals surface area contributed by atoms with Gasteiger partial charge in [0, 0.05) is 25.0 Å². The van der Waals surface area contributed by atoms with Crippen molar-refractivity contribution in [1.29, 1.82) is 0 Å². The van der Waals surface area contributed by atoms with Crippen LogP contribution >= 0.6 is 0 Å². The summed E-state index contributed by atoms with van der Waals surface area (Å²) in [6.07, 6.45) is 2.66. The molecule has 0 spiro atoms. The molecular formula is C12H18N4O. The van der Waals surface area contributed by atoms with E-state index >= 15 is 0 Å². The van der Waals surface area contributed by atoms with Crippen molar-refractivity contribution in [2.45, 2.75) is 20.3 Å². The van der Waals surface area contributed by atoms with Gasteiger partial charge < -0.3 is 10.3 Å². The van der Waals surface area contributed by atoms with Gasteiger partial charge in [0.05, 0.1) is 11.3 Å². The van der Waals surface area contributed by atoms with Crippen molar-refractivity contribution in [2.24, 2.45) is 11.8 Å². The monoisotopic (exact) mass is 234 g/mol. The number of carbonyl (C=O) groups is 1. The van der Waals surface area contributed by atoms with E-state index < -0.39 is 0 Å². The summed E-state index contributed by atoms with van der Waals surface area (Å²) in [6.45, 7) is 5.66. The Morgan fingerprint density at radius 1 is 1.65 bits per heavy atom. The molecule has 1 atom stereocenters. The van der Waals surface area contributed by atoms with E-state index in [0.29, 0.717) is 17.2 Å². The Bertz CT molecular complexity index is 433. The average Bonchev–Trinajstić information content (AvgIpc) is 2.75. The smallest absolute Gasteiger partial charge is 0.257 e. The van der Waals surface area contributed by atoms with E-state index in [4.69, 9.17) is 5.84 Å². The van der Waals surface area contributed by atoms with Crippen LogP contribution in [0.4, 0.5) is 5.69 Å². The Balaban J connectivity index is 2.24. The van der Waals surface area contributed by atoms with Gasteiger partial charge in [-0.3, -0.25) is 15.6 Å². The Kier molecular flexibility index (Phi) is 3.28. The fourth-order valence-electron chi connectivity index (χ4n) is 2.14. The lowest BCUT2D eigenvalue weighted by atomic mass is 10.1. The number of aromatic nitrogens is 1. The van der Waals surface area contributed by atoms with Crippen molar-refractivity contribution in [3.63, 3.8) is 0 Å². The molecule has 5 heteroatoms. The van der Waals surface area contributed by atoms with E-state index in [0.717, 1.165) is 25.2 Å². The summed E-state index contributed by atoms with van der Waals surface area (Å²) in [4.78, 5) is 18.3. The van der Waals surface area contributed by atoms with Crippen molar-refractivity contribution < 1.29 is 4.79 Å². The van der Waals surface area contributed by atoms with Crippen LogP contribution in [0.15, 0.2) is 12.3 Å². The van der Waals surface area contributed by atoms with E-state index in [9.17, 15) is 4.79 Å². The second-order valence-corrected chi connectivity index (χ2v) is 4.66. The third-order valence-electron chi connectivity index (χ3n) is 3.14. The lowest BCUT2D eigenvalue weighted by Gasteiger charge is -2.17. The predicted octanol–water partition coefficient (Wildman–Crippen LogP) is 1.16. The largest absolute Gasteiger partial charge is 0.338 e. The fraction of sp³-hybridized carbons (Fsp3) is 0.500. The molecule has 92 valence electrons. The van der Waals surface area contributed by atoms with Crippen molar-refractivity contribution in [1.82, 2.24) is 9.88 Å². The number of hydrogen-bond donors (Lipinski definition) is 2. The third-order valence-corrected chi connectivity index (χ3v) is 3.14. The highest BCUT2D eigenvalue weighted by atomic mass is 16.2. The molecule has 3 N–H and O–H groups in total. The minimum atomic E-state index is 0.00907. The highest BCUT2D eigenvalue weighted by molar-refractivity contribution is 5.99. The molecule has 0 bridgehead atoms. The van der Waals surface area contributed by atoms with Crippen LogP contribution in [0.5, 0.6) is 0 Å². The normalized spacial score (nSPS) is 19.5. The zero-order valence-electron chi connectivity index (χ0n) is 10.2. The van der Waals surface area contributed by atoms with Gasteiger partial charge in [0.1, 0.15) is 0 Å². The number of nitrogen functional groups attached to an aromatic ring is 1. The lowest BCUT2D eigenvalue weighted by Crippen LogP contribution is -2.29. The van der Waals surface area contributed by atoms with E-state index in [-0.39, 0.29) is 5.91 Å². The van der Waals surface area contributed by atoms with Crippen molar-refractivity contribution >= 4 is 11.6 Å². The van der Waals surface area contributed by atoms with Gasteiger partial charge in [-0.25, -0.2) is 0 Å². The number of likely N-dealkylation sites (tertiary alicyclic amines) is 1. The number of amides is 1. The molecule has 1 amide bonds. The maximum Gasteiger partial charge on any atom is 0.257 e. The summed E-state index contributed by atoms with van der Waals surface area (Å²) in [6, 6.07) is 1.78. The van der Waals surface area contributed by atoms with Crippen LogP contribution in [0.25, 0.3) is 0 Å².